The van der Waals surface area contributed by atoms with Gasteiger partial charge in [-0.05, 0) is 31.5 Å². The number of nitrogens with zero attached hydrogens (tertiary/aromatic N) is 3. The first kappa shape index (κ1) is 17.8. The molecule has 1 aromatic heterocycles. The number of carbonyl (C=O) groups excluding carboxylic acids is 1. The van der Waals surface area contributed by atoms with Gasteiger partial charge in [-0.25, -0.2) is 0 Å². The highest BCUT2D eigenvalue weighted by Gasteiger charge is 2.17. The standard InChI is InChI=1S/C20H21N3O3/c1-3-26-13-12-23-17-11-7-6-10-16(17)18(20(23)25)21-22-19(24)15-9-5-4-8-14(15)2/h4-11,25H,3,12-13H2,1-2H3. The number of fused-ring (bicyclic) bond motifs is 1. The molecule has 2 aromatic carbocycles. The van der Waals surface area contributed by atoms with Crippen molar-refractivity contribution in [3.05, 3.63) is 59.7 Å². The first-order valence-electron chi connectivity index (χ1n) is 8.53. The summed E-state index contributed by atoms with van der Waals surface area (Å²) in [6, 6.07) is 14.7. The summed E-state index contributed by atoms with van der Waals surface area (Å²) in [5.74, 6) is -0.458. The average Bonchev–Trinajstić information content (AvgIpc) is 2.92. The predicted molar refractivity (Wildman–Crippen MR) is 100 cm³/mol. The highest BCUT2D eigenvalue weighted by molar-refractivity contribution is 5.98. The highest BCUT2D eigenvalue weighted by Crippen LogP contribution is 2.38. The van der Waals surface area contributed by atoms with E-state index in [0.717, 1.165) is 16.5 Å². The first-order valence-corrected chi connectivity index (χ1v) is 8.53. The molecular formula is C20H21N3O3. The lowest BCUT2D eigenvalue weighted by atomic mass is 10.1. The van der Waals surface area contributed by atoms with Crippen molar-refractivity contribution in [2.75, 3.05) is 13.2 Å². The molecule has 26 heavy (non-hydrogen) atoms. The van der Waals surface area contributed by atoms with E-state index in [2.05, 4.69) is 10.2 Å². The van der Waals surface area contributed by atoms with Crippen LogP contribution in [0.25, 0.3) is 10.9 Å². The second-order valence-corrected chi connectivity index (χ2v) is 5.86. The van der Waals surface area contributed by atoms with E-state index in [1.165, 1.54) is 0 Å². The van der Waals surface area contributed by atoms with Crippen molar-refractivity contribution in [3.8, 4) is 5.88 Å². The first-order chi connectivity index (χ1) is 12.6. The zero-order chi connectivity index (χ0) is 18.5. The van der Waals surface area contributed by atoms with E-state index in [-0.39, 0.29) is 5.88 Å². The summed E-state index contributed by atoms with van der Waals surface area (Å²) in [6.45, 7) is 5.34. The fraction of sp³-hybridized carbons (Fsp3) is 0.250. The molecule has 0 aliphatic carbocycles. The van der Waals surface area contributed by atoms with E-state index in [1.54, 1.807) is 16.7 Å². The third kappa shape index (κ3) is 3.50. The predicted octanol–water partition coefficient (Wildman–Crippen LogP) is 4.62. The van der Waals surface area contributed by atoms with E-state index in [0.29, 0.717) is 31.0 Å². The number of aromatic nitrogens is 1. The molecule has 0 unspecified atom stereocenters. The number of hydrogen-bond donors (Lipinski definition) is 1. The Hall–Kier alpha value is -2.99. The Morgan fingerprint density at radius 3 is 2.65 bits per heavy atom. The fourth-order valence-electron chi connectivity index (χ4n) is 2.86. The van der Waals surface area contributed by atoms with Crippen molar-refractivity contribution in [2.24, 2.45) is 10.2 Å². The highest BCUT2D eigenvalue weighted by atomic mass is 16.5. The van der Waals surface area contributed by atoms with Crippen LogP contribution in [-0.2, 0) is 11.3 Å². The molecule has 0 saturated carbocycles. The van der Waals surface area contributed by atoms with Crippen LogP contribution in [0.5, 0.6) is 5.88 Å². The summed E-state index contributed by atoms with van der Waals surface area (Å²) in [5, 5.41) is 19.2. The van der Waals surface area contributed by atoms with Gasteiger partial charge < -0.3 is 14.4 Å². The van der Waals surface area contributed by atoms with Gasteiger partial charge >= 0.3 is 0 Å². The smallest absolute Gasteiger partial charge is 0.295 e. The summed E-state index contributed by atoms with van der Waals surface area (Å²) in [6.07, 6.45) is 0. The van der Waals surface area contributed by atoms with Gasteiger partial charge in [-0.15, -0.1) is 10.2 Å². The van der Waals surface area contributed by atoms with Gasteiger partial charge in [0.15, 0.2) is 5.69 Å². The van der Waals surface area contributed by atoms with Crippen molar-refractivity contribution in [2.45, 2.75) is 20.4 Å². The number of rotatable bonds is 6. The number of carbonyl (C=O) groups is 1. The number of aromatic hydroxyl groups is 1. The van der Waals surface area contributed by atoms with Crippen LogP contribution in [0.3, 0.4) is 0 Å². The van der Waals surface area contributed by atoms with E-state index < -0.39 is 5.91 Å². The summed E-state index contributed by atoms with van der Waals surface area (Å²) >= 11 is 0. The van der Waals surface area contributed by atoms with E-state index in [1.807, 2.05) is 50.2 Å². The van der Waals surface area contributed by atoms with E-state index in [9.17, 15) is 9.90 Å². The van der Waals surface area contributed by atoms with Crippen LogP contribution < -0.4 is 0 Å². The molecule has 6 nitrogen and oxygen atoms in total. The summed E-state index contributed by atoms with van der Waals surface area (Å²) < 4.78 is 7.10. The molecule has 3 rings (SSSR count). The Morgan fingerprint density at radius 1 is 1.15 bits per heavy atom. The molecule has 0 bridgehead atoms. The number of amides is 1. The van der Waals surface area contributed by atoms with Crippen LogP contribution in [-0.4, -0.2) is 28.8 Å². The van der Waals surface area contributed by atoms with Crippen LogP contribution in [0.15, 0.2) is 58.8 Å². The number of hydrogen-bond acceptors (Lipinski definition) is 4. The molecule has 3 aromatic rings. The molecule has 1 heterocycles. The van der Waals surface area contributed by atoms with Gasteiger partial charge in [-0.2, -0.15) is 0 Å². The number of aryl methyl sites for hydroxylation is 1. The fourth-order valence-corrected chi connectivity index (χ4v) is 2.86. The van der Waals surface area contributed by atoms with Gasteiger partial charge in [0.2, 0.25) is 5.88 Å². The molecule has 0 radical (unpaired) electrons. The maximum atomic E-state index is 12.3. The third-order valence-corrected chi connectivity index (χ3v) is 4.20. The van der Waals surface area contributed by atoms with Gasteiger partial charge in [0.1, 0.15) is 0 Å². The molecule has 0 aliphatic heterocycles. The Labute approximate surface area is 151 Å². The van der Waals surface area contributed by atoms with Gasteiger partial charge in [-0.3, -0.25) is 4.79 Å². The molecule has 1 amide bonds. The van der Waals surface area contributed by atoms with Crippen LogP contribution in [0.4, 0.5) is 5.69 Å². The summed E-state index contributed by atoms with van der Waals surface area (Å²) in [5.41, 5.74) is 2.44. The van der Waals surface area contributed by atoms with Crippen LogP contribution in [0.1, 0.15) is 22.8 Å². The lowest BCUT2D eigenvalue weighted by molar-refractivity contribution is 0.0994. The molecule has 134 valence electrons. The van der Waals surface area contributed by atoms with E-state index >= 15 is 0 Å². The number of ether oxygens (including phenoxy) is 1. The molecule has 6 heteroatoms. The quantitative estimate of drug-likeness (QED) is 0.520. The Balaban J connectivity index is 1.96. The van der Waals surface area contributed by atoms with E-state index in [4.69, 9.17) is 4.74 Å². The summed E-state index contributed by atoms with van der Waals surface area (Å²) in [7, 11) is 0. The van der Waals surface area contributed by atoms with Crippen LogP contribution >= 0.6 is 0 Å². The second kappa shape index (κ2) is 7.93. The average molecular weight is 351 g/mol. The number of azo groups is 1. The minimum atomic E-state index is -0.436. The third-order valence-electron chi connectivity index (χ3n) is 4.20. The van der Waals surface area contributed by atoms with Crippen molar-refractivity contribution in [1.29, 1.82) is 0 Å². The van der Waals surface area contributed by atoms with Crippen LogP contribution in [0.2, 0.25) is 0 Å². The summed E-state index contributed by atoms with van der Waals surface area (Å²) in [4.78, 5) is 12.3. The largest absolute Gasteiger partial charge is 0.493 e. The van der Waals surface area contributed by atoms with Crippen molar-refractivity contribution < 1.29 is 14.6 Å². The van der Waals surface area contributed by atoms with Crippen molar-refractivity contribution in [3.63, 3.8) is 0 Å². The van der Waals surface area contributed by atoms with Crippen molar-refractivity contribution >= 4 is 22.5 Å². The topological polar surface area (TPSA) is 76.2 Å². The van der Waals surface area contributed by atoms with Gasteiger partial charge in [0, 0.05) is 24.1 Å². The molecule has 0 saturated heterocycles. The molecule has 0 atom stereocenters. The molecule has 0 spiro atoms. The Kier molecular flexibility index (Phi) is 5.43. The zero-order valence-electron chi connectivity index (χ0n) is 14.8. The molecular weight excluding hydrogens is 330 g/mol. The lowest BCUT2D eigenvalue weighted by Crippen LogP contribution is -2.05. The number of para-hydroxylation sites is 1. The molecule has 1 N–H and O–H groups in total. The maximum Gasteiger partial charge on any atom is 0.295 e. The zero-order valence-corrected chi connectivity index (χ0v) is 14.8. The van der Waals surface area contributed by atoms with Gasteiger partial charge in [0.25, 0.3) is 5.91 Å². The van der Waals surface area contributed by atoms with Gasteiger partial charge in [-0.1, -0.05) is 36.4 Å². The van der Waals surface area contributed by atoms with Crippen molar-refractivity contribution in [1.82, 2.24) is 4.57 Å². The SMILES string of the molecule is CCOCCn1c(O)c(N=NC(=O)c2ccccc2C)c2ccccc21. The molecule has 0 fully saturated rings. The second-order valence-electron chi connectivity index (χ2n) is 5.86. The maximum absolute atomic E-state index is 12.3. The minimum absolute atomic E-state index is 0.0211. The number of benzene rings is 2. The monoisotopic (exact) mass is 351 g/mol. The minimum Gasteiger partial charge on any atom is -0.493 e. The van der Waals surface area contributed by atoms with Crippen LogP contribution in [0, 0.1) is 6.92 Å². The Morgan fingerprint density at radius 2 is 1.88 bits per heavy atom. The molecule has 0 aliphatic rings. The normalized spacial score (nSPS) is 11.5. The Bertz CT molecular complexity index is 960. The van der Waals surface area contributed by atoms with Gasteiger partial charge in [0.05, 0.1) is 12.1 Å². The lowest BCUT2D eigenvalue weighted by Gasteiger charge is -2.06.